The van der Waals surface area contributed by atoms with Crippen LogP contribution in [0.5, 0.6) is 0 Å². The molecule has 1 aliphatic carbocycles. The van der Waals surface area contributed by atoms with E-state index < -0.39 is 0 Å². The zero-order valence-corrected chi connectivity index (χ0v) is 18.7. The second-order valence-electron chi connectivity index (χ2n) is 6.41. The third-order valence-corrected chi connectivity index (χ3v) is 5.69. The standard InChI is InChI=1S/C23H16Br2N2O2/c1-2-28-13-27-23-19(12-26)21(14-3-6-16(24)7-4-14)22-18-9-8-17(25)11-15(18)5-10-20(22)29-23/h3-11,13,20H,2H2,1H3/b27-13-. The molecular formula is C23H16Br2N2O2. The van der Waals surface area contributed by atoms with E-state index in [1.54, 1.807) is 0 Å². The Morgan fingerprint density at radius 1 is 1.17 bits per heavy atom. The van der Waals surface area contributed by atoms with Crippen LogP contribution >= 0.6 is 31.9 Å². The van der Waals surface area contributed by atoms with Crippen LogP contribution in [0.4, 0.5) is 0 Å². The van der Waals surface area contributed by atoms with Crippen LogP contribution in [0.25, 0.3) is 17.2 Å². The van der Waals surface area contributed by atoms with E-state index in [0.29, 0.717) is 12.2 Å². The number of allylic oxidation sites excluding steroid dienone is 2. The van der Waals surface area contributed by atoms with Gasteiger partial charge in [-0.15, -0.1) is 0 Å². The molecule has 1 atom stereocenters. The first-order chi connectivity index (χ1) is 14.1. The Hall–Kier alpha value is -2.62. The van der Waals surface area contributed by atoms with Crippen molar-refractivity contribution >= 4 is 55.5 Å². The van der Waals surface area contributed by atoms with Crippen molar-refractivity contribution in [3.8, 4) is 6.07 Å². The summed E-state index contributed by atoms with van der Waals surface area (Å²) in [5.41, 5.74) is 5.22. The SMILES string of the molecule is CCO/C=N\C1=C(C#N)C(c2ccc(Br)cc2)=C2c3ccc(Br)cc3C=CC2O1. The van der Waals surface area contributed by atoms with E-state index in [-0.39, 0.29) is 12.0 Å². The van der Waals surface area contributed by atoms with Crippen LogP contribution in [0.3, 0.4) is 0 Å². The third-order valence-electron chi connectivity index (χ3n) is 4.67. The van der Waals surface area contributed by atoms with Gasteiger partial charge in [0.1, 0.15) is 17.7 Å². The molecule has 29 heavy (non-hydrogen) atoms. The number of ether oxygens (including phenoxy) is 2. The van der Waals surface area contributed by atoms with Gasteiger partial charge >= 0.3 is 0 Å². The van der Waals surface area contributed by atoms with Gasteiger partial charge < -0.3 is 9.47 Å². The van der Waals surface area contributed by atoms with Gasteiger partial charge in [-0.05, 0) is 54.0 Å². The lowest BCUT2D eigenvalue weighted by atomic mass is 9.81. The summed E-state index contributed by atoms with van der Waals surface area (Å²) in [6.07, 6.45) is 5.02. The molecule has 0 fully saturated rings. The van der Waals surface area contributed by atoms with Gasteiger partial charge in [-0.1, -0.05) is 56.1 Å². The molecule has 2 aromatic rings. The molecule has 0 saturated heterocycles. The summed E-state index contributed by atoms with van der Waals surface area (Å²) in [6, 6.07) is 16.3. The Bertz CT molecular complexity index is 1120. The molecule has 0 spiro atoms. The topological polar surface area (TPSA) is 54.6 Å². The van der Waals surface area contributed by atoms with Crippen LogP contribution < -0.4 is 0 Å². The van der Waals surface area contributed by atoms with Crippen LogP contribution in [0, 0.1) is 11.3 Å². The summed E-state index contributed by atoms with van der Waals surface area (Å²) in [6.45, 7) is 2.36. The van der Waals surface area contributed by atoms with Gasteiger partial charge in [-0.25, -0.2) is 0 Å². The molecule has 144 valence electrons. The normalized spacial score (nSPS) is 17.7. The average molecular weight is 512 g/mol. The van der Waals surface area contributed by atoms with Gasteiger partial charge in [0, 0.05) is 20.1 Å². The highest BCUT2D eigenvalue weighted by Crippen LogP contribution is 2.45. The minimum atomic E-state index is -0.340. The summed E-state index contributed by atoms with van der Waals surface area (Å²) >= 11 is 7.02. The number of halogens is 2. The summed E-state index contributed by atoms with van der Waals surface area (Å²) < 4.78 is 13.3. The molecule has 0 bridgehead atoms. The predicted octanol–water partition coefficient (Wildman–Crippen LogP) is 6.35. The Kier molecular flexibility index (Phi) is 5.70. The number of nitriles is 1. The monoisotopic (exact) mass is 510 g/mol. The van der Waals surface area contributed by atoms with Crippen molar-refractivity contribution in [2.75, 3.05) is 6.61 Å². The van der Waals surface area contributed by atoms with E-state index in [2.05, 4.69) is 55.1 Å². The summed E-state index contributed by atoms with van der Waals surface area (Å²) in [4.78, 5) is 4.28. The molecule has 0 N–H and O–H groups in total. The van der Waals surface area contributed by atoms with Crippen molar-refractivity contribution in [2.24, 2.45) is 4.99 Å². The van der Waals surface area contributed by atoms with Gasteiger partial charge in [0.25, 0.3) is 0 Å². The maximum Gasteiger partial charge on any atom is 0.236 e. The minimum absolute atomic E-state index is 0.262. The number of hydrogen-bond donors (Lipinski definition) is 0. The quantitative estimate of drug-likeness (QED) is 0.355. The highest BCUT2D eigenvalue weighted by molar-refractivity contribution is 9.10. The zero-order valence-electron chi connectivity index (χ0n) is 15.5. The first-order valence-corrected chi connectivity index (χ1v) is 10.6. The molecule has 1 heterocycles. The van der Waals surface area contributed by atoms with Gasteiger partial charge in [0.15, 0.2) is 6.40 Å². The van der Waals surface area contributed by atoms with Crippen molar-refractivity contribution < 1.29 is 9.47 Å². The second kappa shape index (κ2) is 8.40. The molecular weight excluding hydrogens is 496 g/mol. The summed E-state index contributed by atoms with van der Waals surface area (Å²) in [7, 11) is 0. The fraction of sp³-hybridized carbons (Fsp3) is 0.130. The number of rotatable bonds is 4. The van der Waals surface area contributed by atoms with Crippen LogP contribution in [0.1, 0.15) is 23.6 Å². The lowest BCUT2D eigenvalue weighted by Gasteiger charge is -2.31. The Morgan fingerprint density at radius 2 is 1.93 bits per heavy atom. The second-order valence-corrected chi connectivity index (χ2v) is 8.24. The largest absolute Gasteiger partial charge is 0.483 e. The maximum atomic E-state index is 10.0. The molecule has 0 aromatic heterocycles. The summed E-state index contributed by atoms with van der Waals surface area (Å²) in [5, 5.41) is 10.0. The fourth-order valence-corrected chi connectivity index (χ4v) is 4.07. The summed E-state index contributed by atoms with van der Waals surface area (Å²) in [5.74, 6) is 0.262. The van der Waals surface area contributed by atoms with E-state index in [4.69, 9.17) is 9.47 Å². The Morgan fingerprint density at radius 3 is 2.66 bits per heavy atom. The number of nitrogens with zero attached hydrogens (tertiary/aromatic N) is 2. The van der Waals surface area contributed by atoms with Crippen LogP contribution in [0.15, 0.2) is 73.9 Å². The molecule has 4 nitrogen and oxygen atoms in total. The highest BCUT2D eigenvalue weighted by atomic mass is 79.9. The van der Waals surface area contributed by atoms with Gasteiger partial charge in [-0.2, -0.15) is 10.3 Å². The predicted molar refractivity (Wildman–Crippen MR) is 122 cm³/mol. The highest BCUT2D eigenvalue weighted by Gasteiger charge is 2.34. The number of aliphatic imine (C=N–C) groups is 1. The van der Waals surface area contributed by atoms with Crippen LogP contribution in [0.2, 0.25) is 0 Å². The number of fused-ring (bicyclic) bond motifs is 3. The number of benzene rings is 2. The smallest absolute Gasteiger partial charge is 0.236 e. The van der Waals surface area contributed by atoms with E-state index in [9.17, 15) is 5.26 Å². The minimum Gasteiger partial charge on any atom is -0.483 e. The maximum absolute atomic E-state index is 10.0. The molecule has 1 aliphatic heterocycles. The zero-order chi connectivity index (χ0) is 20.4. The van der Waals surface area contributed by atoms with E-state index in [1.807, 2.05) is 49.4 Å². The molecule has 0 radical (unpaired) electrons. The van der Waals surface area contributed by atoms with Gasteiger partial charge in [-0.3, -0.25) is 0 Å². The molecule has 0 saturated carbocycles. The lowest BCUT2D eigenvalue weighted by Crippen LogP contribution is -2.22. The van der Waals surface area contributed by atoms with E-state index in [1.165, 1.54) is 6.40 Å². The average Bonchev–Trinajstić information content (AvgIpc) is 2.73. The van der Waals surface area contributed by atoms with E-state index >= 15 is 0 Å². The molecule has 2 aliphatic rings. The fourth-order valence-electron chi connectivity index (χ4n) is 3.43. The van der Waals surface area contributed by atoms with Gasteiger partial charge in [0.2, 0.25) is 5.88 Å². The molecule has 4 rings (SSSR count). The van der Waals surface area contributed by atoms with Crippen LogP contribution in [-0.2, 0) is 9.47 Å². The molecule has 1 unspecified atom stereocenters. The molecule has 2 aromatic carbocycles. The first-order valence-electron chi connectivity index (χ1n) is 9.06. The lowest BCUT2D eigenvalue weighted by molar-refractivity contribution is 0.190. The number of hydrogen-bond acceptors (Lipinski definition) is 4. The first kappa shape index (κ1) is 19.7. The Labute approximate surface area is 186 Å². The van der Waals surface area contributed by atoms with Crippen LogP contribution in [-0.4, -0.2) is 19.1 Å². The molecule has 6 heteroatoms. The van der Waals surface area contributed by atoms with Crippen molar-refractivity contribution in [3.05, 3.63) is 85.6 Å². The van der Waals surface area contributed by atoms with Crippen molar-refractivity contribution in [1.82, 2.24) is 0 Å². The van der Waals surface area contributed by atoms with E-state index in [0.717, 1.165) is 36.8 Å². The van der Waals surface area contributed by atoms with Gasteiger partial charge in [0.05, 0.1) is 6.61 Å². The van der Waals surface area contributed by atoms with Crippen molar-refractivity contribution in [2.45, 2.75) is 13.0 Å². The molecule has 0 amide bonds. The Balaban J connectivity index is 2.00. The van der Waals surface area contributed by atoms with Crippen molar-refractivity contribution in [3.63, 3.8) is 0 Å². The third kappa shape index (κ3) is 3.81. The van der Waals surface area contributed by atoms with Crippen molar-refractivity contribution in [1.29, 1.82) is 5.26 Å².